The molecule has 6 aliphatic carbocycles. The smallest absolute Gasteiger partial charge is 0.340 e. The molecule has 13 atom stereocenters. The van der Waals surface area contributed by atoms with Crippen molar-refractivity contribution in [2.75, 3.05) is 33.2 Å². The number of cyclic esters (lactones) is 1. The third-order valence-corrected chi connectivity index (χ3v) is 21.8. The van der Waals surface area contributed by atoms with Gasteiger partial charge in [0.2, 0.25) is 0 Å². The fourth-order valence-electron chi connectivity index (χ4n) is 18.3. The molecule has 3 saturated carbocycles. The van der Waals surface area contributed by atoms with Crippen molar-refractivity contribution in [3.05, 3.63) is 165 Å². The van der Waals surface area contributed by atoms with Crippen LogP contribution in [0.4, 0.5) is 0 Å². The van der Waals surface area contributed by atoms with Gasteiger partial charge in [-0.2, -0.15) is 0 Å². The third kappa shape index (κ3) is 9.86. The number of carbonyl (C=O) groups is 2. The summed E-state index contributed by atoms with van der Waals surface area (Å²) in [6, 6.07) is 32.3. The van der Waals surface area contributed by atoms with Gasteiger partial charge in [0, 0.05) is 42.7 Å². The summed E-state index contributed by atoms with van der Waals surface area (Å²) in [6.45, 7) is 11.1. The molecule has 15 rings (SSSR count). The fourth-order valence-corrected chi connectivity index (χ4v) is 18.3. The van der Waals surface area contributed by atoms with Gasteiger partial charge >= 0.3 is 11.9 Å². The van der Waals surface area contributed by atoms with Gasteiger partial charge in [0.25, 0.3) is 0 Å². The van der Waals surface area contributed by atoms with E-state index in [0.717, 1.165) is 148 Å². The maximum Gasteiger partial charge on any atom is 0.340 e. The average Bonchev–Trinajstić information content (AvgIpc) is 1.71. The van der Waals surface area contributed by atoms with Crippen LogP contribution in [0.5, 0.6) is 5.75 Å². The SMILES string of the molecule is CCCNCc1cc2cc(c1)C(NCC(C)O)C1CCC3(CC=C4OC(=O)C5=C4CCC4C6CCC7(C(=CC(CC)Cc8ccccc8)OC(=O)C7=C6c6cc(O)ccc6-c6cccc(c6)CNCC2)C54)C2CC(NC)NCC2CCC13. The number of aliphatic hydroxyl groups excluding tert-OH is 1. The average molecular weight is 1110 g/mol. The second-order valence-corrected chi connectivity index (χ2v) is 26.2. The standard InChI is InChI=1S/C71H87N5O6/c1-5-28-73-40-47-31-45-24-29-74-39-46-13-10-14-48(33-46)52-17-16-51(78)36-57(52)63-53-22-27-71(61(82-69(80)66(63)71)35-43(6-2)30-44-11-8-7-9-12-44)65-54(53)18-19-56-60(81-68(79)64(56)65)23-26-70-25-21-55(67(50(32-45)34-47)76-38-42(3)77)58(70)20-15-49-41-75-62(72-4)37-59(49)70/h7-14,16-17,23,31-36,42-43,49,53-55,58-59,62,65,67,72-78H,5-6,15,18-22,24-30,37-41H2,1-4H3. The molecule has 0 amide bonds. The number of aromatic hydroxyl groups is 1. The maximum absolute atomic E-state index is 15.4. The molecular weight excluding hydrogens is 1020 g/mol. The molecule has 0 aromatic heterocycles. The lowest BCUT2D eigenvalue weighted by atomic mass is 9.44. The van der Waals surface area contributed by atoms with Crippen LogP contribution in [0.1, 0.15) is 137 Å². The monoisotopic (exact) mass is 1110 g/mol. The van der Waals surface area contributed by atoms with Crippen LogP contribution in [0.15, 0.2) is 131 Å². The van der Waals surface area contributed by atoms with Crippen molar-refractivity contribution in [2.45, 2.75) is 142 Å². The van der Waals surface area contributed by atoms with Crippen molar-refractivity contribution >= 4 is 17.5 Å². The first-order valence-corrected chi connectivity index (χ1v) is 31.7. The van der Waals surface area contributed by atoms with Gasteiger partial charge in [0.05, 0.1) is 23.3 Å². The van der Waals surface area contributed by atoms with Crippen molar-refractivity contribution in [2.24, 2.45) is 58.2 Å². The molecule has 4 aromatic carbocycles. The number of fused-ring (bicyclic) bond motifs is 6. The minimum atomic E-state index is -0.890. The Morgan fingerprint density at radius 2 is 1.71 bits per heavy atom. The molecule has 7 N–H and O–H groups in total. The van der Waals surface area contributed by atoms with Gasteiger partial charge in [0.1, 0.15) is 17.3 Å². The zero-order chi connectivity index (χ0) is 56.3. The molecule has 13 unspecified atom stereocenters. The second kappa shape index (κ2) is 23.1. The number of nitrogens with one attached hydrogen (secondary N) is 5. The van der Waals surface area contributed by atoms with Crippen molar-refractivity contribution in [1.29, 1.82) is 0 Å². The molecule has 11 aliphatic rings. The number of carbonyl (C=O) groups excluding carboxylic acids is 2. The number of hydrogen-bond donors (Lipinski definition) is 7. The summed E-state index contributed by atoms with van der Waals surface area (Å²) in [4.78, 5) is 30.7. The van der Waals surface area contributed by atoms with Gasteiger partial charge in [-0.15, -0.1) is 0 Å². The molecule has 11 nitrogen and oxygen atoms in total. The van der Waals surface area contributed by atoms with Gasteiger partial charge in [-0.3, -0.25) is 0 Å². The number of allylic oxidation sites excluding steroid dienone is 5. The molecule has 11 heteroatoms. The van der Waals surface area contributed by atoms with Crippen molar-refractivity contribution < 1.29 is 29.3 Å². The van der Waals surface area contributed by atoms with Crippen LogP contribution in [0.2, 0.25) is 0 Å². The number of aliphatic hydroxyl groups is 1. The minimum Gasteiger partial charge on any atom is -0.508 e. The van der Waals surface area contributed by atoms with E-state index in [-0.39, 0.29) is 59.0 Å². The number of phenols is 1. The minimum absolute atomic E-state index is 0.0344. The largest absolute Gasteiger partial charge is 0.508 e. The van der Waals surface area contributed by atoms with Crippen LogP contribution >= 0.6 is 0 Å². The van der Waals surface area contributed by atoms with Crippen LogP contribution in [0.25, 0.3) is 16.7 Å². The van der Waals surface area contributed by atoms with Crippen LogP contribution in [0, 0.1) is 58.2 Å². The Morgan fingerprint density at radius 1 is 0.829 bits per heavy atom. The van der Waals surface area contributed by atoms with E-state index in [1.807, 2.05) is 19.1 Å². The highest BCUT2D eigenvalue weighted by Crippen LogP contribution is 2.73. The van der Waals surface area contributed by atoms with E-state index in [4.69, 9.17) is 9.47 Å². The second-order valence-electron chi connectivity index (χ2n) is 26.2. The molecule has 432 valence electrons. The van der Waals surface area contributed by atoms with Gasteiger partial charge < -0.3 is 46.3 Å². The lowest BCUT2D eigenvalue weighted by molar-refractivity contribution is -0.135. The van der Waals surface area contributed by atoms with E-state index in [9.17, 15) is 10.2 Å². The predicted molar refractivity (Wildman–Crippen MR) is 322 cm³/mol. The molecule has 0 radical (unpaired) electrons. The van der Waals surface area contributed by atoms with Crippen molar-refractivity contribution in [3.8, 4) is 16.9 Å². The van der Waals surface area contributed by atoms with E-state index in [1.54, 1.807) is 6.07 Å². The summed E-state index contributed by atoms with van der Waals surface area (Å²) >= 11 is 0. The van der Waals surface area contributed by atoms with E-state index >= 15 is 9.59 Å². The maximum atomic E-state index is 15.4. The zero-order valence-electron chi connectivity index (χ0n) is 48.8. The van der Waals surface area contributed by atoms with E-state index in [1.165, 1.54) is 28.7 Å². The molecule has 5 heterocycles. The van der Waals surface area contributed by atoms with Crippen LogP contribution in [-0.2, 0) is 45.0 Å². The van der Waals surface area contributed by atoms with E-state index in [0.29, 0.717) is 54.5 Å². The number of phenolic OH excluding ortho intramolecular Hbond substituents is 1. The van der Waals surface area contributed by atoms with Crippen molar-refractivity contribution in [1.82, 2.24) is 26.6 Å². The number of piperidine rings is 1. The first-order valence-electron chi connectivity index (χ1n) is 31.7. The number of esters is 2. The van der Waals surface area contributed by atoms with Gasteiger partial charge in [-0.25, -0.2) is 9.59 Å². The van der Waals surface area contributed by atoms with Crippen molar-refractivity contribution in [3.63, 3.8) is 0 Å². The van der Waals surface area contributed by atoms with Gasteiger partial charge in [0.15, 0.2) is 0 Å². The number of ether oxygens (including phenoxy) is 2. The topological polar surface area (TPSA) is 153 Å². The summed E-state index contributed by atoms with van der Waals surface area (Å²) in [5, 5.41) is 41.6. The number of hydrogen-bond acceptors (Lipinski definition) is 11. The summed E-state index contributed by atoms with van der Waals surface area (Å²) < 4.78 is 13.6. The fraction of sp³-hybridized carbons (Fsp3) is 0.521. The van der Waals surface area contributed by atoms with Gasteiger partial charge in [-0.1, -0.05) is 86.6 Å². The first-order chi connectivity index (χ1) is 40.0. The molecular formula is C71H87N5O6. The summed E-state index contributed by atoms with van der Waals surface area (Å²) in [5.41, 5.74) is 11.7. The Labute approximate surface area is 486 Å². The molecule has 5 fully saturated rings. The third-order valence-electron chi connectivity index (χ3n) is 21.8. The highest BCUT2D eigenvalue weighted by atomic mass is 16.6. The number of rotatable bonds is 12. The lowest BCUT2D eigenvalue weighted by Gasteiger charge is -2.56. The summed E-state index contributed by atoms with van der Waals surface area (Å²) in [6.07, 6.45) is 17.4. The molecule has 5 aliphatic heterocycles. The van der Waals surface area contributed by atoms with Crippen LogP contribution in [-0.4, -0.2) is 67.6 Å². The highest BCUT2D eigenvalue weighted by Gasteiger charge is 2.69. The van der Waals surface area contributed by atoms with E-state index < -0.39 is 11.5 Å². The molecule has 14 bridgehead atoms. The Morgan fingerprint density at radius 3 is 2.54 bits per heavy atom. The Hall–Kier alpha value is -5.66. The first kappa shape index (κ1) is 55.5. The zero-order valence-corrected chi connectivity index (χ0v) is 48.8. The summed E-state index contributed by atoms with van der Waals surface area (Å²) in [5.74, 6) is 2.55. The van der Waals surface area contributed by atoms with Crippen LogP contribution in [0.3, 0.4) is 0 Å². The quantitative estimate of drug-likeness (QED) is 0.0536. The highest BCUT2D eigenvalue weighted by molar-refractivity contribution is 6.07. The summed E-state index contributed by atoms with van der Waals surface area (Å²) in [7, 11) is 2.09. The Kier molecular flexibility index (Phi) is 15.6. The number of benzene rings is 4. The van der Waals surface area contributed by atoms with Crippen LogP contribution < -0.4 is 26.6 Å². The lowest BCUT2D eigenvalue weighted by Crippen LogP contribution is -2.57. The predicted octanol–water partition coefficient (Wildman–Crippen LogP) is 11.5. The van der Waals surface area contributed by atoms with Gasteiger partial charge in [-0.05, 0) is 251 Å². The molecule has 2 saturated heterocycles. The normalized spacial score (nSPS) is 32.3. The molecule has 82 heavy (non-hydrogen) atoms. The van der Waals surface area contributed by atoms with E-state index in [2.05, 4.69) is 132 Å². The Bertz CT molecular complexity index is 3220. The molecule has 1 spiro atoms. The Balaban J connectivity index is 0.988. The molecule has 4 aromatic rings.